The van der Waals surface area contributed by atoms with E-state index in [2.05, 4.69) is 10.6 Å². The molecule has 0 saturated heterocycles. The van der Waals surface area contributed by atoms with Gasteiger partial charge in [0.1, 0.15) is 0 Å². The number of anilines is 1. The summed E-state index contributed by atoms with van der Waals surface area (Å²) in [6.45, 7) is 3.86. The zero-order valence-corrected chi connectivity index (χ0v) is 12.2. The van der Waals surface area contributed by atoms with Gasteiger partial charge in [0.15, 0.2) is 0 Å². The summed E-state index contributed by atoms with van der Waals surface area (Å²) in [5, 5.41) is 13.4. The first-order valence-corrected chi connectivity index (χ1v) is 6.85. The summed E-state index contributed by atoms with van der Waals surface area (Å²) in [6, 6.07) is 5.11. The van der Waals surface area contributed by atoms with Crippen LogP contribution >= 0.6 is 0 Å². The number of rotatable bonds is 6. The number of hydrogen-bond donors (Lipinski definition) is 3. The molecule has 0 saturated carbocycles. The summed E-state index contributed by atoms with van der Waals surface area (Å²) >= 11 is 0. The predicted molar refractivity (Wildman–Crippen MR) is 79.2 cm³/mol. The maximum absolute atomic E-state index is 11.8. The number of hydrogen-bond acceptors (Lipinski definition) is 3. The van der Waals surface area contributed by atoms with Crippen molar-refractivity contribution in [1.29, 1.82) is 0 Å². The molecule has 6 heteroatoms. The van der Waals surface area contributed by atoms with Gasteiger partial charge >= 0.3 is 12.0 Å². The van der Waals surface area contributed by atoms with Gasteiger partial charge in [-0.25, -0.2) is 4.79 Å². The van der Waals surface area contributed by atoms with Crippen LogP contribution in [0.25, 0.3) is 0 Å². The van der Waals surface area contributed by atoms with Gasteiger partial charge in [-0.05, 0) is 30.9 Å². The molecule has 21 heavy (non-hydrogen) atoms. The smallest absolute Gasteiger partial charge is 0.325 e. The number of carbonyl (C=O) groups excluding carboxylic acids is 2. The lowest BCUT2D eigenvalue weighted by atomic mass is 10.1. The maximum atomic E-state index is 11.8. The molecule has 3 N–H and O–H groups in total. The number of carbonyl (C=O) groups is 3. The first kappa shape index (κ1) is 16.7. The van der Waals surface area contributed by atoms with Crippen LogP contribution in [0, 0.1) is 6.92 Å². The van der Waals surface area contributed by atoms with Crippen molar-refractivity contribution in [3.05, 3.63) is 29.3 Å². The lowest BCUT2D eigenvalue weighted by Crippen LogP contribution is -2.34. The van der Waals surface area contributed by atoms with Gasteiger partial charge < -0.3 is 10.4 Å². The van der Waals surface area contributed by atoms with Crippen LogP contribution in [0.1, 0.15) is 37.3 Å². The highest BCUT2D eigenvalue weighted by Crippen LogP contribution is 2.20. The van der Waals surface area contributed by atoms with E-state index in [1.54, 1.807) is 0 Å². The molecule has 0 aliphatic rings. The Kier molecular flexibility index (Phi) is 6.39. The number of nitrogens with one attached hydrogen (secondary N) is 2. The molecule has 0 unspecified atom stereocenters. The number of amides is 3. The largest absolute Gasteiger partial charge is 0.481 e. The highest BCUT2D eigenvalue weighted by molar-refractivity contribution is 6.01. The highest BCUT2D eigenvalue weighted by atomic mass is 16.4. The van der Waals surface area contributed by atoms with Gasteiger partial charge in [0.25, 0.3) is 0 Å². The second kappa shape index (κ2) is 8.04. The monoisotopic (exact) mass is 292 g/mol. The Hall–Kier alpha value is -2.37. The number of benzene rings is 1. The summed E-state index contributed by atoms with van der Waals surface area (Å²) in [4.78, 5) is 33.6. The van der Waals surface area contributed by atoms with E-state index in [0.29, 0.717) is 5.69 Å². The van der Waals surface area contributed by atoms with Crippen LogP contribution in [0.3, 0.4) is 0 Å². The predicted octanol–water partition coefficient (Wildman–Crippen LogP) is 2.46. The summed E-state index contributed by atoms with van der Waals surface area (Å²) < 4.78 is 0. The van der Waals surface area contributed by atoms with Gasteiger partial charge in [-0.1, -0.05) is 25.1 Å². The average molecular weight is 292 g/mol. The first-order chi connectivity index (χ1) is 9.93. The quantitative estimate of drug-likeness (QED) is 0.750. The molecule has 6 nitrogen and oxygen atoms in total. The van der Waals surface area contributed by atoms with E-state index in [1.165, 1.54) is 0 Å². The fraction of sp³-hybridized carbons (Fsp3) is 0.400. The van der Waals surface area contributed by atoms with Gasteiger partial charge in [0.05, 0.1) is 0 Å². The molecular formula is C15H20N2O4. The van der Waals surface area contributed by atoms with Crippen LogP contribution in [0.5, 0.6) is 0 Å². The standard InChI is InChI=1S/C15H20N2O4/c1-3-11-7-4-6-10(2)14(11)17-15(21)16-12(18)8-5-9-13(19)20/h4,6-7H,3,5,8-9H2,1-2H3,(H,19,20)(H2,16,17,18,21). The molecule has 0 bridgehead atoms. The number of imide groups is 1. The third kappa shape index (κ3) is 5.64. The van der Waals surface area contributed by atoms with Gasteiger partial charge in [0.2, 0.25) is 5.91 Å². The van der Waals surface area contributed by atoms with Crippen molar-refractivity contribution < 1.29 is 19.5 Å². The molecule has 1 aromatic rings. The fourth-order valence-corrected chi connectivity index (χ4v) is 1.94. The van der Waals surface area contributed by atoms with Crippen molar-refractivity contribution in [2.75, 3.05) is 5.32 Å². The number of para-hydroxylation sites is 1. The van der Waals surface area contributed by atoms with E-state index in [1.807, 2.05) is 32.0 Å². The molecule has 0 radical (unpaired) electrons. The summed E-state index contributed by atoms with van der Waals surface area (Å²) in [7, 11) is 0. The molecule has 1 rings (SSSR count). The molecule has 0 heterocycles. The van der Waals surface area contributed by atoms with Gasteiger partial charge in [-0.3, -0.25) is 14.9 Å². The van der Waals surface area contributed by atoms with Crippen LogP contribution < -0.4 is 10.6 Å². The van der Waals surface area contributed by atoms with E-state index < -0.39 is 17.9 Å². The summed E-state index contributed by atoms with van der Waals surface area (Å²) in [6.07, 6.45) is 0.893. The van der Waals surface area contributed by atoms with Crippen molar-refractivity contribution >= 4 is 23.6 Å². The Balaban J connectivity index is 2.54. The molecule has 0 aliphatic carbocycles. The van der Waals surface area contributed by atoms with E-state index >= 15 is 0 Å². The fourth-order valence-electron chi connectivity index (χ4n) is 1.94. The van der Waals surface area contributed by atoms with Crippen molar-refractivity contribution in [3.63, 3.8) is 0 Å². The lowest BCUT2D eigenvalue weighted by Gasteiger charge is -2.13. The van der Waals surface area contributed by atoms with Crippen molar-refractivity contribution in [2.24, 2.45) is 0 Å². The molecular weight excluding hydrogens is 272 g/mol. The zero-order chi connectivity index (χ0) is 15.8. The van der Waals surface area contributed by atoms with E-state index in [-0.39, 0.29) is 19.3 Å². The van der Waals surface area contributed by atoms with Crippen LogP contribution in [0.4, 0.5) is 10.5 Å². The Bertz CT molecular complexity index is 540. The number of carboxylic acid groups (broad SMARTS) is 1. The number of aliphatic carboxylic acids is 1. The minimum atomic E-state index is -0.959. The molecule has 0 spiro atoms. The van der Waals surface area contributed by atoms with E-state index in [0.717, 1.165) is 17.5 Å². The lowest BCUT2D eigenvalue weighted by molar-refractivity contribution is -0.137. The number of urea groups is 1. The highest BCUT2D eigenvalue weighted by Gasteiger charge is 2.11. The van der Waals surface area contributed by atoms with E-state index in [9.17, 15) is 14.4 Å². The van der Waals surface area contributed by atoms with Gasteiger partial charge in [-0.15, -0.1) is 0 Å². The minimum absolute atomic E-state index is 0.00806. The van der Waals surface area contributed by atoms with Gasteiger partial charge in [-0.2, -0.15) is 0 Å². The maximum Gasteiger partial charge on any atom is 0.325 e. The molecule has 0 aromatic heterocycles. The van der Waals surface area contributed by atoms with Crippen LogP contribution in [-0.4, -0.2) is 23.0 Å². The number of carboxylic acids is 1. The Labute approximate surface area is 123 Å². The third-order valence-electron chi connectivity index (χ3n) is 3.03. The molecule has 114 valence electrons. The first-order valence-electron chi connectivity index (χ1n) is 6.85. The Morgan fingerprint density at radius 1 is 1.19 bits per heavy atom. The van der Waals surface area contributed by atoms with Crippen molar-refractivity contribution in [2.45, 2.75) is 39.5 Å². The van der Waals surface area contributed by atoms with Crippen LogP contribution in [0.15, 0.2) is 18.2 Å². The second-order valence-electron chi connectivity index (χ2n) is 4.71. The molecule has 0 atom stereocenters. The third-order valence-corrected chi connectivity index (χ3v) is 3.03. The van der Waals surface area contributed by atoms with Gasteiger partial charge in [0, 0.05) is 18.5 Å². The van der Waals surface area contributed by atoms with Crippen molar-refractivity contribution in [1.82, 2.24) is 5.32 Å². The van der Waals surface area contributed by atoms with Crippen LogP contribution in [0.2, 0.25) is 0 Å². The zero-order valence-electron chi connectivity index (χ0n) is 12.2. The summed E-state index contributed by atoms with van der Waals surface area (Å²) in [5.74, 6) is -1.44. The molecule has 0 aliphatic heterocycles. The molecule has 1 aromatic carbocycles. The molecule has 0 fully saturated rings. The van der Waals surface area contributed by atoms with Crippen LogP contribution in [-0.2, 0) is 16.0 Å². The van der Waals surface area contributed by atoms with Crippen molar-refractivity contribution in [3.8, 4) is 0 Å². The Morgan fingerprint density at radius 3 is 2.52 bits per heavy atom. The average Bonchev–Trinajstić information content (AvgIpc) is 2.40. The Morgan fingerprint density at radius 2 is 1.90 bits per heavy atom. The minimum Gasteiger partial charge on any atom is -0.481 e. The second-order valence-corrected chi connectivity index (χ2v) is 4.71. The van der Waals surface area contributed by atoms with E-state index in [4.69, 9.17) is 5.11 Å². The number of aryl methyl sites for hydroxylation is 2. The topological polar surface area (TPSA) is 95.5 Å². The summed E-state index contributed by atoms with van der Waals surface area (Å²) in [5.41, 5.74) is 2.61. The SMILES string of the molecule is CCc1cccc(C)c1NC(=O)NC(=O)CCCC(=O)O. The normalized spacial score (nSPS) is 10.0. The molecule has 3 amide bonds.